The third-order valence-electron chi connectivity index (χ3n) is 5.73. The molecule has 2 saturated heterocycles. The molecule has 2 aliphatic heterocycles. The second-order valence-electron chi connectivity index (χ2n) is 7.81. The van der Waals surface area contributed by atoms with E-state index in [1.165, 1.54) is 0 Å². The molecule has 0 aliphatic carbocycles. The Balaban J connectivity index is 1.27. The van der Waals surface area contributed by atoms with Crippen molar-refractivity contribution in [2.75, 3.05) is 62.3 Å². The summed E-state index contributed by atoms with van der Waals surface area (Å²) in [5.74, 6) is 1.70. The standard InChI is InChI=1S/C22H25N7O2/c1-16-14-20(27-10-12-31-13-11-27)26-22(25-16)29-8-6-28(7-9-29)21(30)17-2-3-18-19(15-17)24-5-4-23-18/h2-5,14-15H,6-13H2,1H3. The maximum absolute atomic E-state index is 13.0. The lowest BCUT2D eigenvalue weighted by atomic mass is 10.1. The average Bonchev–Trinajstić information content (AvgIpc) is 2.83. The largest absolute Gasteiger partial charge is 0.378 e. The molecular weight excluding hydrogens is 394 g/mol. The minimum absolute atomic E-state index is 0.0198. The normalized spacial score (nSPS) is 17.3. The topological polar surface area (TPSA) is 87.6 Å². The van der Waals surface area contributed by atoms with Gasteiger partial charge in [0.25, 0.3) is 5.91 Å². The van der Waals surface area contributed by atoms with Gasteiger partial charge < -0.3 is 19.4 Å². The molecule has 9 nitrogen and oxygen atoms in total. The zero-order valence-electron chi connectivity index (χ0n) is 17.6. The fraction of sp³-hybridized carbons (Fsp3) is 0.409. The number of aryl methyl sites for hydroxylation is 1. The maximum atomic E-state index is 13.0. The first-order valence-corrected chi connectivity index (χ1v) is 10.6. The number of fused-ring (bicyclic) bond motifs is 1. The Morgan fingerprint density at radius 3 is 2.39 bits per heavy atom. The van der Waals surface area contributed by atoms with Crippen LogP contribution in [-0.4, -0.2) is 83.2 Å². The van der Waals surface area contributed by atoms with Crippen molar-refractivity contribution in [2.24, 2.45) is 0 Å². The summed E-state index contributed by atoms with van der Waals surface area (Å²) in [5, 5.41) is 0. The van der Waals surface area contributed by atoms with Gasteiger partial charge in [-0.3, -0.25) is 14.8 Å². The van der Waals surface area contributed by atoms with E-state index >= 15 is 0 Å². The molecule has 0 unspecified atom stereocenters. The van der Waals surface area contributed by atoms with Crippen LogP contribution in [-0.2, 0) is 4.74 Å². The number of nitrogens with zero attached hydrogens (tertiary/aromatic N) is 7. The van der Waals surface area contributed by atoms with Gasteiger partial charge >= 0.3 is 0 Å². The van der Waals surface area contributed by atoms with Crippen molar-refractivity contribution in [1.82, 2.24) is 24.8 Å². The Morgan fingerprint density at radius 1 is 0.871 bits per heavy atom. The van der Waals surface area contributed by atoms with E-state index < -0.39 is 0 Å². The highest BCUT2D eigenvalue weighted by atomic mass is 16.5. The van der Waals surface area contributed by atoms with Gasteiger partial charge in [0.05, 0.1) is 24.2 Å². The summed E-state index contributed by atoms with van der Waals surface area (Å²) in [4.78, 5) is 37.3. The van der Waals surface area contributed by atoms with Crippen LogP contribution in [0.5, 0.6) is 0 Å². The van der Waals surface area contributed by atoms with Gasteiger partial charge in [0.1, 0.15) is 5.82 Å². The van der Waals surface area contributed by atoms with Crippen molar-refractivity contribution >= 4 is 28.7 Å². The van der Waals surface area contributed by atoms with E-state index in [0.29, 0.717) is 31.7 Å². The molecule has 1 aromatic carbocycles. The molecule has 31 heavy (non-hydrogen) atoms. The smallest absolute Gasteiger partial charge is 0.254 e. The molecule has 0 bridgehead atoms. The fourth-order valence-corrected chi connectivity index (χ4v) is 4.02. The summed E-state index contributed by atoms with van der Waals surface area (Å²) < 4.78 is 5.45. The first kappa shape index (κ1) is 19.6. The van der Waals surface area contributed by atoms with Gasteiger partial charge in [-0.25, -0.2) is 4.98 Å². The van der Waals surface area contributed by atoms with Crippen LogP contribution in [0.25, 0.3) is 11.0 Å². The number of hydrogen-bond acceptors (Lipinski definition) is 8. The van der Waals surface area contributed by atoms with E-state index in [-0.39, 0.29) is 5.91 Å². The molecule has 0 radical (unpaired) electrons. The molecule has 0 N–H and O–H groups in total. The van der Waals surface area contributed by atoms with Crippen LogP contribution in [0.4, 0.5) is 11.8 Å². The summed E-state index contributed by atoms with van der Waals surface area (Å²) in [5.41, 5.74) is 3.11. The molecule has 2 aromatic heterocycles. The Morgan fingerprint density at radius 2 is 1.61 bits per heavy atom. The summed E-state index contributed by atoms with van der Waals surface area (Å²) in [6, 6.07) is 7.51. The maximum Gasteiger partial charge on any atom is 0.254 e. The molecule has 0 atom stereocenters. The van der Waals surface area contributed by atoms with Crippen LogP contribution in [0, 0.1) is 6.92 Å². The van der Waals surface area contributed by atoms with Crippen molar-refractivity contribution < 1.29 is 9.53 Å². The lowest BCUT2D eigenvalue weighted by Crippen LogP contribution is -2.49. The van der Waals surface area contributed by atoms with Crippen LogP contribution in [0.15, 0.2) is 36.7 Å². The number of ether oxygens (including phenoxy) is 1. The van der Waals surface area contributed by atoms with Crippen LogP contribution in [0.1, 0.15) is 16.1 Å². The van der Waals surface area contributed by atoms with Crippen LogP contribution < -0.4 is 9.80 Å². The van der Waals surface area contributed by atoms with E-state index in [1.807, 2.05) is 36.1 Å². The van der Waals surface area contributed by atoms with Crippen molar-refractivity contribution in [3.8, 4) is 0 Å². The number of carbonyl (C=O) groups excluding carboxylic acids is 1. The van der Waals surface area contributed by atoms with E-state index in [9.17, 15) is 4.79 Å². The fourth-order valence-electron chi connectivity index (χ4n) is 4.02. The molecule has 0 spiro atoms. The Kier molecular flexibility index (Phi) is 5.33. The third kappa shape index (κ3) is 4.13. The minimum Gasteiger partial charge on any atom is -0.378 e. The minimum atomic E-state index is 0.0198. The second-order valence-corrected chi connectivity index (χ2v) is 7.81. The lowest BCUT2D eigenvalue weighted by Gasteiger charge is -2.35. The van der Waals surface area contributed by atoms with E-state index in [0.717, 1.165) is 54.8 Å². The predicted octanol–water partition coefficient (Wildman–Crippen LogP) is 1.53. The number of amides is 1. The average molecular weight is 419 g/mol. The number of aromatic nitrogens is 4. The molecular formula is C22H25N7O2. The molecule has 1 amide bonds. The summed E-state index contributed by atoms with van der Waals surface area (Å²) >= 11 is 0. The van der Waals surface area contributed by atoms with Gasteiger partial charge in [-0.1, -0.05) is 0 Å². The zero-order chi connectivity index (χ0) is 21.2. The number of carbonyl (C=O) groups is 1. The van der Waals surface area contributed by atoms with Crippen LogP contribution in [0.2, 0.25) is 0 Å². The van der Waals surface area contributed by atoms with E-state index in [2.05, 4.69) is 24.8 Å². The monoisotopic (exact) mass is 419 g/mol. The van der Waals surface area contributed by atoms with Gasteiger partial charge in [0, 0.05) is 69.0 Å². The van der Waals surface area contributed by atoms with Crippen molar-refractivity contribution in [3.63, 3.8) is 0 Å². The zero-order valence-corrected chi connectivity index (χ0v) is 17.6. The van der Waals surface area contributed by atoms with E-state index in [1.54, 1.807) is 12.4 Å². The Hall–Kier alpha value is -3.33. The molecule has 5 rings (SSSR count). The molecule has 0 saturated carbocycles. The predicted molar refractivity (Wildman–Crippen MR) is 117 cm³/mol. The molecule has 9 heteroatoms. The number of rotatable bonds is 3. The van der Waals surface area contributed by atoms with Gasteiger partial charge in [-0.05, 0) is 25.1 Å². The summed E-state index contributed by atoms with van der Waals surface area (Å²) in [6.07, 6.45) is 3.29. The molecule has 2 aliphatic rings. The van der Waals surface area contributed by atoms with Crippen molar-refractivity contribution in [1.29, 1.82) is 0 Å². The van der Waals surface area contributed by atoms with Crippen molar-refractivity contribution in [2.45, 2.75) is 6.92 Å². The first-order valence-electron chi connectivity index (χ1n) is 10.6. The Labute approximate surface area is 180 Å². The van der Waals surface area contributed by atoms with Gasteiger partial charge in [-0.2, -0.15) is 4.98 Å². The second kappa shape index (κ2) is 8.43. The van der Waals surface area contributed by atoms with Crippen LogP contribution in [0.3, 0.4) is 0 Å². The lowest BCUT2D eigenvalue weighted by molar-refractivity contribution is 0.0746. The van der Waals surface area contributed by atoms with Gasteiger partial charge in [-0.15, -0.1) is 0 Å². The van der Waals surface area contributed by atoms with Crippen molar-refractivity contribution in [3.05, 3.63) is 47.9 Å². The van der Waals surface area contributed by atoms with Gasteiger partial charge in [0.2, 0.25) is 5.95 Å². The molecule has 2 fully saturated rings. The van der Waals surface area contributed by atoms with Crippen LogP contribution >= 0.6 is 0 Å². The molecule has 4 heterocycles. The quantitative estimate of drug-likeness (QED) is 0.632. The number of benzene rings is 1. The number of morpholine rings is 1. The number of hydrogen-bond donors (Lipinski definition) is 0. The molecule has 160 valence electrons. The molecule has 3 aromatic rings. The summed E-state index contributed by atoms with van der Waals surface area (Å²) in [7, 11) is 0. The SMILES string of the molecule is Cc1cc(N2CCOCC2)nc(N2CCN(C(=O)c3ccc4nccnc4c3)CC2)n1. The number of piperazine rings is 1. The summed E-state index contributed by atoms with van der Waals surface area (Å²) in [6.45, 7) is 7.78. The van der Waals surface area contributed by atoms with Gasteiger partial charge in [0.15, 0.2) is 0 Å². The third-order valence-corrected chi connectivity index (χ3v) is 5.73. The highest BCUT2D eigenvalue weighted by Crippen LogP contribution is 2.20. The number of anilines is 2. The highest BCUT2D eigenvalue weighted by molar-refractivity contribution is 5.97. The Bertz CT molecular complexity index is 1090. The highest BCUT2D eigenvalue weighted by Gasteiger charge is 2.25. The first-order chi connectivity index (χ1) is 15.2. The van der Waals surface area contributed by atoms with E-state index in [4.69, 9.17) is 9.72 Å².